The van der Waals surface area contributed by atoms with E-state index in [2.05, 4.69) is 5.32 Å². The van der Waals surface area contributed by atoms with Crippen LogP contribution in [-0.2, 0) is 21.5 Å². The highest BCUT2D eigenvalue weighted by atomic mass is 32.1. The molecule has 1 saturated heterocycles. The number of urea groups is 1. The van der Waals surface area contributed by atoms with E-state index in [-0.39, 0.29) is 12.5 Å². The maximum atomic E-state index is 12.8. The van der Waals surface area contributed by atoms with Gasteiger partial charge in [-0.25, -0.2) is 4.79 Å². The SMILES string of the molecule is CC1(c2ccsc2)NC(=O)N(CC(=O)N2CCc3ccccc32)C1=O. The summed E-state index contributed by atoms with van der Waals surface area (Å²) in [4.78, 5) is 40.5. The van der Waals surface area contributed by atoms with Gasteiger partial charge in [0.25, 0.3) is 5.91 Å². The molecule has 3 heterocycles. The van der Waals surface area contributed by atoms with Crippen molar-refractivity contribution in [3.63, 3.8) is 0 Å². The molecule has 128 valence electrons. The quantitative estimate of drug-likeness (QED) is 0.858. The third-order valence-corrected chi connectivity index (χ3v) is 5.54. The third kappa shape index (κ3) is 2.42. The van der Waals surface area contributed by atoms with Crippen LogP contribution >= 0.6 is 11.3 Å². The first-order chi connectivity index (χ1) is 12.0. The Labute approximate surface area is 149 Å². The van der Waals surface area contributed by atoms with Crippen LogP contribution in [-0.4, -0.2) is 35.8 Å². The second-order valence-electron chi connectivity index (χ2n) is 6.38. The first-order valence-electron chi connectivity index (χ1n) is 8.06. The van der Waals surface area contributed by atoms with Gasteiger partial charge in [-0.15, -0.1) is 0 Å². The summed E-state index contributed by atoms with van der Waals surface area (Å²) >= 11 is 1.46. The van der Waals surface area contributed by atoms with E-state index in [1.165, 1.54) is 11.3 Å². The molecule has 2 aliphatic rings. The Morgan fingerprint density at radius 2 is 2.08 bits per heavy atom. The van der Waals surface area contributed by atoms with Gasteiger partial charge in [-0.1, -0.05) is 18.2 Å². The molecule has 1 aromatic carbocycles. The second kappa shape index (κ2) is 5.70. The Balaban J connectivity index is 1.55. The van der Waals surface area contributed by atoms with Crippen molar-refractivity contribution in [2.24, 2.45) is 0 Å². The topological polar surface area (TPSA) is 69.7 Å². The van der Waals surface area contributed by atoms with Gasteiger partial charge in [-0.3, -0.25) is 14.5 Å². The lowest BCUT2D eigenvalue weighted by atomic mass is 9.95. The summed E-state index contributed by atoms with van der Waals surface area (Å²) < 4.78 is 0. The van der Waals surface area contributed by atoms with Crippen molar-refractivity contribution in [1.29, 1.82) is 0 Å². The second-order valence-corrected chi connectivity index (χ2v) is 7.16. The van der Waals surface area contributed by atoms with E-state index >= 15 is 0 Å². The summed E-state index contributed by atoms with van der Waals surface area (Å²) in [5, 5.41) is 6.41. The molecule has 6 nitrogen and oxygen atoms in total. The zero-order valence-electron chi connectivity index (χ0n) is 13.7. The Morgan fingerprint density at radius 1 is 1.28 bits per heavy atom. The fourth-order valence-electron chi connectivity index (χ4n) is 3.40. The molecule has 2 aromatic rings. The number of carbonyl (C=O) groups is 3. The van der Waals surface area contributed by atoms with Crippen molar-refractivity contribution in [3.05, 3.63) is 52.2 Å². The number of imide groups is 1. The molecular formula is C18H17N3O3S. The summed E-state index contributed by atoms with van der Waals surface area (Å²) in [6.45, 7) is 1.99. The minimum Gasteiger partial charge on any atom is -0.319 e. The molecule has 25 heavy (non-hydrogen) atoms. The van der Waals surface area contributed by atoms with E-state index in [1.54, 1.807) is 11.8 Å². The van der Waals surface area contributed by atoms with Crippen LogP contribution < -0.4 is 10.2 Å². The number of hydrogen-bond acceptors (Lipinski definition) is 4. The fourth-order valence-corrected chi connectivity index (χ4v) is 4.17. The molecule has 7 heteroatoms. The number of rotatable bonds is 3. The number of benzene rings is 1. The average molecular weight is 355 g/mol. The van der Waals surface area contributed by atoms with Crippen molar-refractivity contribution in [3.8, 4) is 0 Å². The van der Waals surface area contributed by atoms with E-state index in [0.717, 1.165) is 28.1 Å². The minimum absolute atomic E-state index is 0.247. The number of carbonyl (C=O) groups excluding carboxylic acids is 3. The van der Waals surface area contributed by atoms with Crippen LogP contribution in [0.2, 0.25) is 0 Å². The number of hydrogen-bond donors (Lipinski definition) is 1. The number of nitrogens with zero attached hydrogens (tertiary/aromatic N) is 2. The molecule has 0 radical (unpaired) electrons. The predicted molar refractivity (Wildman–Crippen MR) is 94.4 cm³/mol. The molecule has 4 rings (SSSR count). The molecule has 0 saturated carbocycles. The summed E-state index contributed by atoms with van der Waals surface area (Å²) in [5.41, 5.74) is 1.59. The first kappa shape index (κ1) is 15.8. The van der Waals surface area contributed by atoms with Crippen LogP contribution in [0.1, 0.15) is 18.1 Å². The van der Waals surface area contributed by atoms with Crippen LogP contribution in [0.3, 0.4) is 0 Å². The lowest BCUT2D eigenvalue weighted by molar-refractivity contribution is -0.134. The Bertz CT molecular complexity index is 864. The van der Waals surface area contributed by atoms with Gasteiger partial charge in [-0.05, 0) is 47.4 Å². The number of nitrogens with one attached hydrogen (secondary N) is 1. The highest BCUT2D eigenvalue weighted by Crippen LogP contribution is 2.31. The summed E-state index contributed by atoms with van der Waals surface area (Å²) in [5.74, 6) is -0.639. The smallest absolute Gasteiger partial charge is 0.319 e. The molecule has 1 aromatic heterocycles. The average Bonchev–Trinajstić information content (AvgIpc) is 3.31. The molecular weight excluding hydrogens is 338 g/mol. The van der Waals surface area contributed by atoms with Crippen molar-refractivity contribution in [2.75, 3.05) is 18.0 Å². The summed E-state index contributed by atoms with van der Waals surface area (Å²) in [7, 11) is 0. The molecule has 1 atom stereocenters. The number of fused-ring (bicyclic) bond motifs is 1. The van der Waals surface area contributed by atoms with Crippen LogP contribution in [0, 0.1) is 0 Å². The number of para-hydroxylation sites is 1. The maximum Gasteiger partial charge on any atom is 0.325 e. The van der Waals surface area contributed by atoms with Crippen LogP contribution in [0.15, 0.2) is 41.1 Å². The molecule has 1 unspecified atom stereocenters. The lowest BCUT2D eigenvalue weighted by Gasteiger charge is -2.22. The van der Waals surface area contributed by atoms with Crippen molar-refractivity contribution in [2.45, 2.75) is 18.9 Å². The Morgan fingerprint density at radius 3 is 2.84 bits per heavy atom. The van der Waals surface area contributed by atoms with E-state index in [0.29, 0.717) is 6.54 Å². The van der Waals surface area contributed by atoms with Gasteiger partial charge in [0.2, 0.25) is 5.91 Å². The van der Waals surface area contributed by atoms with Gasteiger partial charge < -0.3 is 10.2 Å². The zero-order chi connectivity index (χ0) is 17.6. The van der Waals surface area contributed by atoms with E-state index in [9.17, 15) is 14.4 Å². The molecule has 0 spiro atoms. The van der Waals surface area contributed by atoms with Crippen LogP contribution in [0.4, 0.5) is 10.5 Å². The van der Waals surface area contributed by atoms with Crippen LogP contribution in [0.25, 0.3) is 0 Å². The first-order valence-corrected chi connectivity index (χ1v) is 9.00. The normalized spacial score (nSPS) is 22.3. The Hall–Kier alpha value is -2.67. The Kier molecular flexibility index (Phi) is 3.61. The number of thiophene rings is 1. The summed E-state index contributed by atoms with van der Waals surface area (Å²) in [6.07, 6.45) is 0.786. The van der Waals surface area contributed by atoms with E-state index in [4.69, 9.17) is 0 Å². The molecule has 1 fully saturated rings. The number of anilines is 1. The van der Waals surface area contributed by atoms with Gasteiger partial charge in [0.05, 0.1) is 0 Å². The monoisotopic (exact) mass is 355 g/mol. The lowest BCUT2D eigenvalue weighted by Crippen LogP contribution is -2.44. The van der Waals surface area contributed by atoms with Gasteiger partial charge in [0.1, 0.15) is 12.1 Å². The molecule has 0 aliphatic carbocycles. The zero-order valence-corrected chi connectivity index (χ0v) is 14.5. The largest absolute Gasteiger partial charge is 0.325 e. The van der Waals surface area contributed by atoms with Gasteiger partial charge in [0.15, 0.2) is 0 Å². The molecule has 0 bridgehead atoms. The number of amides is 4. The standard InChI is InChI=1S/C18H17N3O3S/c1-18(13-7-9-25-11-13)16(23)21(17(24)19-18)10-15(22)20-8-6-12-4-2-3-5-14(12)20/h2-5,7,9,11H,6,8,10H2,1H3,(H,19,24). The molecule has 1 N–H and O–H groups in total. The van der Waals surface area contributed by atoms with Crippen molar-refractivity contribution in [1.82, 2.24) is 10.2 Å². The minimum atomic E-state index is -1.11. The highest BCUT2D eigenvalue weighted by molar-refractivity contribution is 7.08. The molecule has 4 amide bonds. The fraction of sp³-hybridized carbons (Fsp3) is 0.278. The van der Waals surface area contributed by atoms with Crippen LogP contribution in [0.5, 0.6) is 0 Å². The van der Waals surface area contributed by atoms with E-state index < -0.39 is 17.5 Å². The maximum absolute atomic E-state index is 12.8. The highest BCUT2D eigenvalue weighted by Gasteiger charge is 2.50. The van der Waals surface area contributed by atoms with Gasteiger partial charge >= 0.3 is 6.03 Å². The van der Waals surface area contributed by atoms with Gasteiger partial charge in [-0.2, -0.15) is 11.3 Å². The van der Waals surface area contributed by atoms with Crippen molar-refractivity contribution >= 4 is 34.9 Å². The third-order valence-electron chi connectivity index (χ3n) is 4.86. The van der Waals surface area contributed by atoms with Crippen molar-refractivity contribution < 1.29 is 14.4 Å². The predicted octanol–water partition coefficient (Wildman–Crippen LogP) is 2.10. The summed E-state index contributed by atoms with van der Waals surface area (Å²) in [6, 6.07) is 8.98. The molecule has 2 aliphatic heterocycles. The van der Waals surface area contributed by atoms with E-state index in [1.807, 2.05) is 41.1 Å². The van der Waals surface area contributed by atoms with Gasteiger partial charge in [0, 0.05) is 12.2 Å².